The molecule has 110 valence electrons. The van der Waals surface area contributed by atoms with Crippen LogP contribution in [0.2, 0.25) is 0 Å². The Balaban J connectivity index is 2.02. The first-order valence-corrected chi connectivity index (χ1v) is 7.46. The highest BCUT2D eigenvalue weighted by atomic mass is 16.5. The van der Waals surface area contributed by atoms with E-state index in [0.717, 1.165) is 48.3 Å². The minimum absolute atomic E-state index is 0.107. The van der Waals surface area contributed by atoms with Crippen LogP contribution in [-0.4, -0.2) is 43.6 Å². The van der Waals surface area contributed by atoms with Crippen LogP contribution in [0.3, 0.4) is 0 Å². The second kappa shape index (κ2) is 6.14. The lowest BCUT2D eigenvalue weighted by molar-refractivity contribution is 0.0738. The normalized spacial score (nSPS) is 15.2. The third kappa shape index (κ3) is 2.72. The summed E-state index contributed by atoms with van der Waals surface area (Å²) in [6.07, 6.45) is 0. The number of piperazine rings is 1. The number of nitrogens with one attached hydrogen (secondary N) is 1. The number of rotatable bonds is 3. The third-order valence-corrected chi connectivity index (χ3v) is 3.82. The van der Waals surface area contributed by atoms with Crippen LogP contribution in [0, 0.1) is 0 Å². The smallest absolute Gasteiger partial charge is 0.254 e. The summed E-state index contributed by atoms with van der Waals surface area (Å²) in [4.78, 5) is 14.7. The first-order valence-electron chi connectivity index (χ1n) is 7.46. The second-order valence-corrected chi connectivity index (χ2v) is 5.13. The Hall–Kier alpha value is -2.07. The van der Waals surface area contributed by atoms with Crippen molar-refractivity contribution in [3.8, 4) is 5.75 Å². The molecule has 1 aliphatic heterocycles. The van der Waals surface area contributed by atoms with Crippen molar-refractivity contribution < 1.29 is 9.53 Å². The summed E-state index contributed by atoms with van der Waals surface area (Å²) in [5.41, 5.74) is 0.760. The number of nitrogens with zero attached hydrogens (tertiary/aromatic N) is 1. The molecule has 1 saturated heterocycles. The number of fused-ring (bicyclic) bond motifs is 1. The average Bonchev–Trinajstić information content (AvgIpc) is 2.56. The third-order valence-electron chi connectivity index (χ3n) is 3.82. The summed E-state index contributed by atoms with van der Waals surface area (Å²) < 4.78 is 5.66. The molecular weight excluding hydrogens is 264 g/mol. The molecule has 1 N–H and O–H groups in total. The Bertz CT molecular complexity index is 648. The van der Waals surface area contributed by atoms with Crippen LogP contribution in [0.15, 0.2) is 36.4 Å². The summed E-state index contributed by atoms with van der Waals surface area (Å²) in [7, 11) is 0. The lowest BCUT2D eigenvalue weighted by Gasteiger charge is -2.28. The van der Waals surface area contributed by atoms with Crippen molar-refractivity contribution in [3.05, 3.63) is 42.0 Å². The van der Waals surface area contributed by atoms with Crippen molar-refractivity contribution in [1.29, 1.82) is 0 Å². The van der Waals surface area contributed by atoms with E-state index in [1.165, 1.54) is 0 Å². The maximum atomic E-state index is 12.7. The van der Waals surface area contributed by atoms with Crippen LogP contribution in [0.5, 0.6) is 5.75 Å². The molecule has 4 heteroatoms. The standard InChI is InChI=1S/C17H20N2O2/c1-2-21-16-8-7-15(13-5-3-4-6-14(13)16)17(20)19-11-9-18-10-12-19/h3-8,18H,2,9-12H2,1H3. The van der Waals surface area contributed by atoms with E-state index in [2.05, 4.69) is 5.32 Å². The first-order chi connectivity index (χ1) is 10.3. The van der Waals surface area contributed by atoms with E-state index < -0.39 is 0 Å². The van der Waals surface area contributed by atoms with Crippen LogP contribution < -0.4 is 10.1 Å². The maximum Gasteiger partial charge on any atom is 0.254 e. The van der Waals surface area contributed by atoms with Gasteiger partial charge in [0.1, 0.15) is 5.75 Å². The van der Waals surface area contributed by atoms with Gasteiger partial charge in [-0.1, -0.05) is 24.3 Å². The molecular formula is C17H20N2O2. The number of carbonyl (C=O) groups is 1. The molecule has 1 fully saturated rings. The van der Waals surface area contributed by atoms with Gasteiger partial charge in [0, 0.05) is 37.1 Å². The zero-order valence-electron chi connectivity index (χ0n) is 12.3. The van der Waals surface area contributed by atoms with Gasteiger partial charge in [0.15, 0.2) is 0 Å². The van der Waals surface area contributed by atoms with Crippen molar-refractivity contribution >= 4 is 16.7 Å². The minimum atomic E-state index is 0.107. The van der Waals surface area contributed by atoms with Gasteiger partial charge >= 0.3 is 0 Å². The summed E-state index contributed by atoms with van der Waals surface area (Å²) in [6.45, 7) is 5.84. The minimum Gasteiger partial charge on any atom is -0.493 e. The van der Waals surface area contributed by atoms with E-state index in [4.69, 9.17) is 4.74 Å². The van der Waals surface area contributed by atoms with Crippen LogP contribution in [0.1, 0.15) is 17.3 Å². The molecule has 21 heavy (non-hydrogen) atoms. The molecule has 3 rings (SSSR count). The van der Waals surface area contributed by atoms with Gasteiger partial charge in [0.25, 0.3) is 5.91 Å². The van der Waals surface area contributed by atoms with Gasteiger partial charge < -0.3 is 15.0 Å². The molecule has 1 heterocycles. The predicted molar refractivity (Wildman–Crippen MR) is 83.9 cm³/mol. The summed E-state index contributed by atoms with van der Waals surface area (Å²) in [5.74, 6) is 0.945. The van der Waals surface area contributed by atoms with Gasteiger partial charge in [-0.05, 0) is 24.4 Å². The summed E-state index contributed by atoms with van der Waals surface area (Å²) >= 11 is 0. The lowest BCUT2D eigenvalue weighted by atomic mass is 10.0. The molecule has 0 saturated carbocycles. The molecule has 0 aromatic heterocycles. The highest BCUT2D eigenvalue weighted by molar-refractivity contribution is 6.08. The molecule has 0 atom stereocenters. The van der Waals surface area contributed by atoms with Crippen LogP contribution in [0.4, 0.5) is 0 Å². The Labute approximate surface area is 124 Å². The van der Waals surface area contributed by atoms with E-state index in [-0.39, 0.29) is 5.91 Å². The molecule has 4 nitrogen and oxygen atoms in total. The second-order valence-electron chi connectivity index (χ2n) is 5.13. The Kier molecular flexibility index (Phi) is 4.06. The quantitative estimate of drug-likeness (QED) is 0.940. The first kappa shape index (κ1) is 13.9. The molecule has 1 aliphatic rings. The number of hydrogen-bond acceptors (Lipinski definition) is 3. The van der Waals surface area contributed by atoms with Crippen molar-refractivity contribution in [2.45, 2.75) is 6.92 Å². The molecule has 2 aromatic carbocycles. The highest BCUT2D eigenvalue weighted by Crippen LogP contribution is 2.29. The Morgan fingerprint density at radius 2 is 1.86 bits per heavy atom. The van der Waals surface area contributed by atoms with Gasteiger partial charge in [-0.15, -0.1) is 0 Å². The maximum absolute atomic E-state index is 12.7. The molecule has 0 radical (unpaired) electrons. The molecule has 2 aromatic rings. The fourth-order valence-corrected chi connectivity index (χ4v) is 2.78. The van der Waals surface area contributed by atoms with E-state index in [1.54, 1.807) is 0 Å². The predicted octanol–water partition coefficient (Wildman–Crippen LogP) is 2.28. The topological polar surface area (TPSA) is 41.6 Å². The van der Waals surface area contributed by atoms with E-state index in [0.29, 0.717) is 6.61 Å². The monoisotopic (exact) mass is 284 g/mol. The molecule has 0 spiro atoms. The van der Waals surface area contributed by atoms with Crippen molar-refractivity contribution in [1.82, 2.24) is 10.2 Å². The number of amides is 1. The summed E-state index contributed by atoms with van der Waals surface area (Å²) in [5, 5.41) is 5.24. The average molecular weight is 284 g/mol. The van der Waals surface area contributed by atoms with Gasteiger partial charge in [-0.2, -0.15) is 0 Å². The van der Waals surface area contributed by atoms with Gasteiger partial charge in [0.05, 0.1) is 6.61 Å². The largest absolute Gasteiger partial charge is 0.493 e. The van der Waals surface area contributed by atoms with Crippen molar-refractivity contribution in [2.75, 3.05) is 32.8 Å². The fraction of sp³-hybridized carbons (Fsp3) is 0.353. The van der Waals surface area contributed by atoms with Crippen molar-refractivity contribution in [3.63, 3.8) is 0 Å². The lowest BCUT2D eigenvalue weighted by Crippen LogP contribution is -2.46. The number of carbonyl (C=O) groups excluding carboxylic acids is 1. The molecule has 0 unspecified atom stereocenters. The molecule has 1 amide bonds. The van der Waals surface area contributed by atoms with E-state index in [9.17, 15) is 4.79 Å². The Morgan fingerprint density at radius 1 is 1.14 bits per heavy atom. The number of ether oxygens (including phenoxy) is 1. The summed E-state index contributed by atoms with van der Waals surface area (Å²) in [6, 6.07) is 11.7. The van der Waals surface area contributed by atoms with Gasteiger partial charge in [-0.3, -0.25) is 4.79 Å². The zero-order valence-corrected chi connectivity index (χ0v) is 12.3. The number of hydrogen-bond donors (Lipinski definition) is 1. The van der Waals surface area contributed by atoms with Crippen molar-refractivity contribution in [2.24, 2.45) is 0 Å². The van der Waals surface area contributed by atoms with Gasteiger partial charge in [-0.25, -0.2) is 0 Å². The van der Waals surface area contributed by atoms with Crippen LogP contribution in [-0.2, 0) is 0 Å². The zero-order chi connectivity index (χ0) is 14.7. The van der Waals surface area contributed by atoms with Crippen LogP contribution >= 0.6 is 0 Å². The fourth-order valence-electron chi connectivity index (χ4n) is 2.78. The number of benzene rings is 2. The van der Waals surface area contributed by atoms with E-state index >= 15 is 0 Å². The van der Waals surface area contributed by atoms with Gasteiger partial charge in [0.2, 0.25) is 0 Å². The van der Waals surface area contributed by atoms with Crippen LogP contribution in [0.25, 0.3) is 10.8 Å². The Morgan fingerprint density at radius 3 is 2.57 bits per heavy atom. The molecule has 0 aliphatic carbocycles. The highest BCUT2D eigenvalue weighted by Gasteiger charge is 2.20. The molecule has 0 bridgehead atoms. The van der Waals surface area contributed by atoms with E-state index in [1.807, 2.05) is 48.2 Å². The SMILES string of the molecule is CCOc1ccc(C(=O)N2CCNCC2)c2ccccc12.